The van der Waals surface area contributed by atoms with E-state index in [1.54, 1.807) is 0 Å². The summed E-state index contributed by atoms with van der Waals surface area (Å²) in [7, 11) is 0. The van der Waals surface area contributed by atoms with Gasteiger partial charge in [0, 0.05) is 18.0 Å². The first-order valence-corrected chi connectivity index (χ1v) is 7.11. The van der Waals surface area contributed by atoms with E-state index in [1.165, 1.54) is 0 Å². The molecule has 1 heterocycles. The monoisotopic (exact) mass is 278 g/mol. The van der Waals surface area contributed by atoms with Gasteiger partial charge in [0.25, 0.3) is 0 Å². The van der Waals surface area contributed by atoms with Gasteiger partial charge in [0.05, 0.1) is 12.2 Å². The maximum absolute atomic E-state index is 10.4. The number of aliphatic hydroxyl groups excluding tert-OH is 1. The van der Waals surface area contributed by atoms with Crippen molar-refractivity contribution in [1.29, 1.82) is 5.26 Å². The Bertz CT molecular complexity index is 432. The van der Waals surface area contributed by atoms with Gasteiger partial charge in [-0.2, -0.15) is 5.26 Å². The van der Waals surface area contributed by atoms with Crippen LogP contribution in [-0.4, -0.2) is 29.6 Å². The lowest BCUT2D eigenvalue weighted by Crippen LogP contribution is -2.36. The van der Waals surface area contributed by atoms with E-state index in [-0.39, 0.29) is 0 Å². The van der Waals surface area contributed by atoms with Gasteiger partial charge in [-0.25, -0.2) is 0 Å². The van der Waals surface area contributed by atoms with Gasteiger partial charge < -0.3 is 10.0 Å². The van der Waals surface area contributed by atoms with Crippen LogP contribution in [0.2, 0.25) is 5.02 Å². The van der Waals surface area contributed by atoms with Gasteiger partial charge in [0.15, 0.2) is 0 Å². The molecule has 3 nitrogen and oxygen atoms in total. The smallest absolute Gasteiger partial charge is 0.0819 e. The number of halogens is 1. The summed E-state index contributed by atoms with van der Waals surface area (Å²) in [6, 6.07) is 9.62. The van der Waals surface area contributed by atoms with Gasteiger partial charge in [-0.1, -0.05) is 23.7 Å². The Morgan fingerprint density at radius 1 is 1.32 bits per heavy atom. The molecule has 0 spiro atoms. The summed E-state index contributed by atoms with van der Waals surface area (Å²) in [6.07, 6.45) is 2.14. The average Bonchev–Trinajstić information content (AvgIpc) is 2.46. The van der Waals surface area contributed by atoms with Crippen LogP contribution in [0.15, 0.2) is 24.3 Å². The number of likely N-dealkylation sites (tertiary alicyclic amines) is 1. The zero-order chi connectivity index (χ0) is 13.7. The lowest BCUT2D eigenvalue weighted by atomic mass is 9.87. The van der Waals surface area contributed by atoms with Crippen LogP contribution >= 0.6 is 11.6 Å². The third-order valence-electron chi connectivity index (χ3n) is 3.83. The van der Waals surface area contributed by atoms with E-state index >= 15 is 0 Å². The minimum atomic E-state index is -0.407. The number of nitrogens with zero attached hydrogens (tertiary/aromatic N) is 2. The predicted octanol–water partition coefficient (Wildman–Crippen LogP) is 3.00. The normalized spacial score (nSPS) is 19.0. The molecule has 0 saturated carbocycles. The predicted molar refractivity (Wildman–Crippen MR) is 75.8 cm³/mol. The number of piperidine rings is 1. The van der Waals surface area contributed by atoms with Crippen LogP contribution in [0.4, 0.5) is 0 Å². The maximum atomic E-state index is 10.4. The highest BCUT2D eigenvalue weighted by atomic mass is 35.5. The van der Waals surface area contributed by atoms with E-state index in [1.807, 2.05) is 24.3 Å². The Morgan fingerprint density at radius 3 is 2.53 bits per heavy atom. The van der Waals surface area contributed by atoms with E-state index in [2.05, 4.69) is 11.0 Å². The van der Waals surface area contributed by atoms with Crippen LogP contribution in [0.5, 0.6) is 0 Å². The first-order valence-electron chi connectivity index (χ1n) is 6.73. The lowest BCUT2D eigenvalue weighted by Gasteiger charge is -2.34. The Labute approximate surface area is 119 Å². The summed E-state index contributed by atoms with van der Waals surface area (Å²) in [4.78, 5) is 2.30. The van der Waals surface area contributed by atoms with Gasteiger partial charge >= 0.3 is 0 Å². The summed E-state index contributed by atoms with van der Waals surface area (Å²) < 4.78 is 0. The van der Waals surface area contributed by atoms with Crippen LogP contribution in [0.1, 0.15) is 30.9 Å². The van der Waals surface area contributed by atoms with Crippen molar-refractivity contribution in [3.63, 3.8) is 0 Å². The summed E-state index contributed by atoms with van der Waals surface area (Å²) in [5.41, 5.74) is 0.944. The van der Waals surface area contributed by atoms with Crippen LogP contribution in [0, 0.1) is 17.2 Å². The first-order chi connectivity index (χ1) is 9.20. The molecule has 1 aliphatic rings. The number of hydrogen-bond donors (Lipinski definition) is 1. The fraction of sp³-hybridized carbons (Fsp3) is 0.533. The van der Waals surface area contributed by atoms with Crippen molar-refractivity contribution in [2.45, 2.75) is 25.4 Å². The minimum Gasteiger partial charge on any atom is -0.388 e. The largest absolute Gasteiger partial charge is 0.388 e. The summed E-state index contributed by atoms with van der Waals surface area (Å²) in [5, 5.41) is 19.7. The molecule has 0 radical (unpaired) electrons. The van der Waals surface area contributed by atoms with Crippen LogP contribution in [0.3, 0.4) is 0 Å². The third kappa shape index (κ3) is 3.94. The molecule has 1 aliphatic heterocycles. The van der Waals surface area contributed by atoms with Crippen LogP contribution in [-0.2, 0) is 0 Å². The van der Waals surface area contributed by atoms with Crippen molar-refractivity contribution in [3.05, 3.63) is 34.9 Å². The van der Waals surface area contributed by atoms with Crippen molar-refractivity contribution in [2.24, 2.45) is 5.92 Å². The second-order valence-corrected chi connectivity index (χ2v) is 5.52. The Kier molecular flexibility index (Phi) is 5.21. The average molecular weight is 279 g/mol. The second-order valence-electron chi connectivity index (χ2n) is 5.08. The zero-order valence-corrected chi connectivity index (χ0v) is 11.7. The Balaban J connectivity index is 1.87. The van der Waals surface area contributed by atoms with Crippen molar-refractivity contribution in [3.8, 4) is 6.07 Å². The van der Waals surface area contributed by atoms with E-state index in [0.29, 0.717) is 17.4 Å². The number of hydrogen-bond acceptors (Lipinski definition) is 3. The van der Waals surface area contributed by atoms with E-state index in [9.17, 15) is 5.11 Å². The Morgan fingerprint density at radius 2 is 1.95 bits per heavy atom. The molecular formula is C15H19ClN2O. The van der Waals surface area contributed by atoms with Gasteiger partial charge in [-0.15, -0.1) is 0 Å². The molecule has 1 aromatic rings. The van der Waals surface area contributed by atoms with E-state index < -0.39 is 6.10 Å². The summed E-state index contributed by atoms with van der Waals surface area (Å²) in [5.74, 6) is 0.305. The molecule has 1 atom stereocenters. The van der Waals surface area contributed by atoms with Gasteiger partial charge in [0.1, 0.15) is 0 Å². The quantitative estimate of drug-likeness (QED) is 0.921. The van der Waals surface area contributed by atoms with Gasteiger partial charge in [-0.05, 0) is 49.5 Å². The van der Waals surface area contributed by atoms with Crippen molar-refractivity contribution >= 4 is 11.6 Å². The van der Waals surface area contributed by atoms with Crippen molar-refractivity contribution in [1.82, 2.24) is 4.90 Å². The van der Waals surface area contributed by atoms with Crippen molar-refractivity contribution < 1.29 is 5.11 Å². The van der Waals surface area contributed by atoms with Crippen molar-refractivity contribution in [2.75, 3.05) is 19.6 Å². The third-order valence-corrected chi connectivity index (χ3v) is 4.08. The molecule has 4 heteroatoms. The van der Waals surface area contributed by atoms with Crippen LogP contribution in [0.25, 0.3) is 0 Å². The standard InChI is InChI=1S/C15H19ClN2O/c16-14-4-2-12(3-5-14)15(19)13-6-10-18(11-7-13)9-1-8-17/h2-5,13,15,19H,1,6-7,9-11H2/t15-/m0/s1. The zero-order valence-electron chi connectivity index (χ0n) is 10.9. The highest BCUT2D eigenvalue weighted by Gasteiger charge is 2.25. The van der Waals surface area contributed by atoms with E-state index in [4.69, 9.17) is 16.9 Å². The maximum Gasteiger partial charge on any atom is 0.0819 e. The molecule has 0 unspecified atom stereocenters. The molecule has 0 aromatic heterocycles. The molecule has 19 heavy (non-hydrogen) atoms. The highest BCUT2D eigenvalue weighted by Crippen LogP contribution is 2.31. The SMILES string of the molecule is N#CCCN1CCC([C@@H](O)c2ccc(Cl)cc2)CC1. The first kappa shape index (κ1) is 14.3. The molecule has 0 bridgehead atoms. The number of nitriles is 1. The fourth-order valence-corrected chi connectivity index (χ4v) is 2.76. The van der Waals surface area contributed by atoms with E-state index in [0.717, 1.165) is 38.0 Å². The van der Waals surface area contributed by atoms with Gasteiger partial charge in [-0.3, -0.25) is 0 Å². The van der Waals surface area contributed by atoms with Crippen LogP contribution < -0.4 is 0 Å². The second kappa shape index (κ2) is 6.91. The Hall–Kier alpha value is -1.08. The number of rotatable bonds is 4. The number of benzene rings is 1. The molecule has 1 saturated heterocycles. The molecule has 1 N–H and O–H groups in total. The molecule has 0 amide bonds. The molecule has 2 rings (SSSR count). The molecule has 1 aromatic carbocycles. The minimum absolute atomic E-state index is 0.305. The molecule has 102 valence electrons. The summed E-state index contributed by atoms with van der Waals surface area (Å²) in [6.45, 7) is 2.79. The van der Waals surface area contributed by atoms with Gasteiger partial charge in [0.2, 0.25) is 0 Å². The lowest BCUT2D eigenvalue weighted by molar-refractivity contribution is 0.0595. The molecule has 1 fully saturated rings. The topological polar surface area (TPSA) is 47.3 Å². The number of aliphatic hydroxyl groups is 1. The highest BCUT2D eigenvalue weighted by molar-refractivity contribution is 6.30. The molecule has 0 aliphatic carbocycles. The summed E-state index contributed by atoms with van der Waals surface area (Å²) >= 11 is 5.86. The molecular weight excluding hydrogens is 260 g/mol. The fourth-order valence-electron chi connectivity index (χ4n) is 2.63.